The molecular formula is C24H22BNO4. The molecule has 0 bridgehead atoms. The highest BCUT2D eigenvalue weighted by Crippen LogP contribution is 2.24. The molecule has 0 saturated heterocycles. The van der Waals surface area contributed by atoms with Crippen LogP contribution in [0.3, 0.4) is 0 Å². The molecule has 1 atom stereocenters. The van der Waals surface area contributed by atoms with Crippen molar-refractivity contribution in [1.29, 1.82) is 0 Å². The van der Waals surface area contributed by atoms with Crippen LogP contribution < -0.4 is 5.32 Å². The Morgan fingerprint density at radius 1 is 0.900 bits per heavy atom. The van der Waals surface area contributed by atoms with Crippen LogP contribution in [-0.2, 0) is 17.6 Å². The summed E-state index contributed by atoms with van der Waals surface area (Å²) in [5, 5.41) is 23.3. The molecule has 3 N–H and O–H groups in total. The third kappa shape index (κ3) is 4.45. The Kier molecular flexibility index (Phi) is 5.98. The van der Waals surface area contributed by atoms with E-state index >= 15 is 0 Å². The van der Waals surface area contributed by atoms with Gasteiger partial charge in [-0.25, -0.2) is 0 Å². The molecule has 0 aliphatic rings. The number of carbonyl (C=O) groups is 1. The largest absolute Gasteiger partial charge is 0.475 e. The summed E-state index contributed by atoms with van der Waals surface area (Å²) in [5.41, 5.74) is 4.43. The maximum Gasteiger partial charge on any atom is 0.475 e. The fraction of sp³-hybridized carbons (Fsp3) is 0.125. The van der Waals surface area contributed by atoms with Crippen molar-refractivity contribution in [3.63, 3.8) is 0 Å². The number of fused-ring (bicyclic) bond motifs is 1. The average Bonchev–Trinajstić information content (AvgIpc) is 3.17. The molecule has 5 nitrogen and oxygen atoms in total. The summed E-state index contributed by atoms with van der Waals surface area (Å²) < 4.78 is 5.52. The second-order valence-electron chi connectivity index (χ2n) is 7.25. The van der Waals surface area contributed by atoms with Gasteiger partial charge in [0.2, 0.25) is 5.91 Å². The van der Waals surface area contributed by atoms with E-state index in [1.54, 1.807) is 6.26 Å². The van der Waals surface area contributed by atoms with Crippen LogP contribution in [0.5, 0.6) is 0 Å². The molecule has 0 unspecified atom stereocenters. The molecule has 0 aliphatic heterocycles. The van der Waals surface area contributed by atoms with Gasteiger partial charge in [-0.2, -0.15) is 0 Å². The SMILES string of the molecule is O=C(Cc1ccccc1-c1ccccc1)N[C@@H](Cc1coc2ccccc12)B(O)O. The Morgan fingerprint density at radius 2 is 1.60 bits per heavy atom. The first-order chi connectivity index (χ1) is 14.6. The van der Waals surface area contributed by atoms with E-state index in [1.165, 1.54) is 0 Å². The number of hydrogen-bond donors (Lipinski definition) is 3. The van der Waals surface area contributed by atoms with E-state index in [1.807, 2.05) is 78.9 Å². The number of furan rings is 1. The highest BCUT2D eigenvalue weighted by molar-refractivity contribution is 6.43. The van der Waals surface area contributed by atoms with E-state index in [-0.39, 0.29) is 18.7 Å². The van der Waals surface area contributed by atoms with Gasteiger partial charge in [0.15, 0.2) is 0 Å². The van der Waals surface area contributed by atoms with Gasteiger partial charge in [0.1, 0.15) is 5.58 Å². The number of nitrogens with one attached hydrogen (secondary N) is 1. The zero-order chi connectivity index (χ0) is 20.9. The fourth-order valence-electron chi connectivity index (χ4n) is 3.66. The first-order valence-corrected chi connectivity index (χ1v) is 9.86. The van der Waals surface area contributed by atoms with Crippen LogP contribution in [0.15, 0.2) is 89.5 Å². The predicted octanol–water partition coefficient (Wildman–Crippen LogP) is 3.38. The zero-order valence-electron chi connectivity index (χ0n) is 16.4. The summed E-state index contributed by atoms with van der Waals surface area (Å²) in [4.78, 5) is 12.7. The van der Waals surface area contributed by atoms with E-state index in [0.717, 1.165) is 33.2 Å². The van der Waals surface area contributed by atoms with Crippen molar-refractivity contribution in [2.24, 2.45) is 0 Å². The highest BCUT2D eigenvalue weighted by Gasteiger charge is 2.27. The molecule has 4 rings (SSSR count). The second kappa shape index (κ2) is 8.99. The van der Waals surface area contributed by atoms with E-state index in [2.05, 4.69) is 5.32 Å². The van der Waals surface area contributed by atoms with Crippen LogP contribution in [-0.4, -0.2) is 29.0 Å². The molecule has 1 heterocycles. The maximum absolute atomic E-state index is 12.7. The molecule has 0 spiro atoms. The summed E-state index contributed by atoms with van der Waals surface area (Å²) in [6.45, 7) is 0. The van der Waals surface area contributed by atoms with E-state index in [9.17, 15) is 14.8 Å². The number of benzene rings is 3. The van der Waals surface area contributed by atoms with Crippen molar-refractivity contribution in [3.8, 4) is 11.1 Å². The van der Waals surface area contributed by atoms with Gasteiger partial charge in [-0.3, -0.25) is 4.79 Å². The number of hydrogen-bond acceptors (Lipinski definition) is 4. The Hall–Kier alpha value is -3.35. The first-order valence-electron chi connectivity index (χ1n) is 9.86. The molecule has 0 fully saturated rings. The predicted molar refractivity (Wildman–Crippen MR) is 118 cm³/mol. The summed E-state index contributed by atoms with van der Waals surface area (Å²) in [6.07, 6.45) is 1.98. The van der Waals surface area contributed by atoms with Crippen molar-refractivity contribution >= 4 is 24.0 Å². The van der Waals surface area contributed by atoms with Gasteiger partial charge in [-0.1, -0.05) is 72.8 Å². The van der Waals surface area contributed by atoms with E-state index in [0.29, 0.717) is 0 Å². The third-order valence-electron chi connectivity index (χ3n) is 5.16. The fourth-order valence-corrected chi connectivity index (χ4v) is 3.66. The van der Waals surface area contributed by atoms with E-state index < -0.39 is 13.1 Å². The van der Waals surface area contributed by atoms with Gasteiger partial charge in [-0.15, -0.1) is 0 Å². The quantitative estimate of drug-likeness (QED) is 0.416. The van der Waals surface area contributed by atoms with Gasteiger partial charge in [-0.05, 0) is 34.7 Å². The van der Waals surface area contributed by atoms with Crippen molar-refractivity contribution < 1.29 is 19.3 Å². The minimum Gasteiger partial charge on any atom is -0.464 e. The average molecular weight is 399 g/mol. The minimum absolute atomic E-state index is 0.139. The number of amides is 1. The molecule has 3 aromatic carbocycles. The molecular weight excluding hydrogens is 377 g/mol. The molecule has 4 aromatic rings. The van der Waals surface area contributed by atoms with Crippen LogP contribution in [0.4, 0.5) is 0 Å². The van der Waals surface area contributed by atoms with Crippen molar-refractivity contribution in [2.75, 3.05) is 0 Å². The van der Waals surface area contributed by atoms with Gasteiger partial charge >= 0.3 is 7.12 Å². The van der Waals surface area contributed by atoms with Crippen molar-refractivity contribution in [1.82, 2.24) is 5.32 Å². The summed E-state index contributed by atoms with van der Waals surface area (Å²) >= 11 is 0. The number of carbonyl (C=O) groups excluding carboxylic acids is 1. The van der Waals surface area contributed by atoms with Crippen LogP contribution in [0.2, 0.25) is 0 Å². The molecule has 0 aliphatic carbocycles. The van der Waals surface area contributed by atoms with Crippen LogP contribution in [0.25, 0.3) is 22.1 Å². The molecule has 0 radical (unpaired) electrons. The Bertz CT molecular complexity index is 1140. The Balaban J connectivity index is 1.50. The van der Waals surface area contributed by atoms with Crippen molar-refractivity contribution in [2.45, 2.75) is 18.8 Å². The van der Waals surface area contributed by atoms with Crippen molar-refractivity contribution in [3.05, 3.63) is 96.3 Å². The molecule has 150 valence electrons. The Morgan fingerprint density at radius 3 is 2.40 bits per heavy atom. The van der Waals surface area contributed by atoms with Crippen LogP contribution >= 0.6 is 0 Å². The van der Waals surface area contributed by atoms with E-state index in [4.69, 9.17) is 4.42 Å². The molecule has 30 heavy (non-hydrogen) atoms. The second-order valence-corrected chi connectivity index (χ2v) is 7.25. The lowest BCUT2D eigenvalue weighted by atomic mass is 9.75. The van der Waals surface area contributed by atoms with Crippen LogP contribution in [0, 0.1) is 0 Å². The summed E-state index contributed by atoms with van der Waals surface area (Å²) in [7, 11) is -1.69. The van der Waals surface area contributed by atoms with Gasteiger partial charge in [0, 0.05) is 5.39 Å². The Labute approximate surface area is 175 Å². The molecule has 0 saturated carbocycles. The summed E-state index contributed by atoms with van der Waals surface area (Å²) in [5.74, 6) is -1.12. The lowest BCUT2D eigenvalue weighted by Crippen LogP contribution is -2.48. The lowest BCUT2D eigenvalue weighted by molar-refractivity contribution is -0.120. The molecule has 1 aromatic heterocycles. The topological polar surface area (TPSA) is 82.7 Å². The zero-order valence-corrected chi connectivity index (χ0v) is 16.4. The van der Waals surface area contributed by atoms with Gasteiger partial charge in [0.25, 0.3) is 0 Å². The standard InChI is InChI=1S/C24H22BNO4/c27-24(15-18-10-4-5-11-20(18)17-8-2-1-3-9-17)26-23(25(28)29)14-19-16-30-22-13-7-6-12-21(19)22/h1-13,16,23,28-29H,14-15H2,(H,26,27)/t23-/m0/s1. The highest BCUT2D eigenvalue weighted by atomic mass is 16.4. The molecule has 1 amide bonds. The smallest absolute Gasteiger partial charge is 0.464 e. The number of para-hydroxylation sites is 1. The maximum atomic E-state index is 12.7. The third-order valence-corrected chi connectivity index (χ3v) is 5.16. The minimum atomic E-state index is -1.69. The monoisotopic (exact) mass is 399 g/mol. The van der Waals surface area contributed by atoms with Crippen LogP contribution in [0.1, 0.15) is 11.1 Å². The lowest BCUT2D eigenvalue weighted by Gasteiger charge is -2.18. The van der Waals surface area contributed by atoms with Gasteiger partial charge < -0.3 is 19.8 Å². The number of rotatable bonds is 7. The van der Waals surface area contributed by atoms with Gasteiger partial charge in [0.05, 0.1) is 18.6 Å². The summed E-state index contributed by atoms with van der Waals surface area (Å²) in [6, 6.07) is 25.1. The normalized spacial score (nSPS) is 11.9. The first kappa shape index (κ1) is 19.9. The molecule has 6 heteroatoms.